The topological polar surface area (TPSA) is 126 Å². The van der Waals surface area contributed by atoms with Crippen molar-refractivity contribution in [2.24, 2.45) is 5.41 Å². The molecular formula is C24H29ClN4O5S. The van der Waals surface area contributed by atoms with Crippen LogP contribution in [0.4, 0.5) is 10.6 Å². The molecule has 188 valence electrons. The van der Waals surface area contributed by atoms with E-state index in [9.17, 15) is 18.3 Å². The number of pyridine rings is 1. The summed E-state index contributed by atoms with van der Waals surface area (Å²) >= 11 is 6.16. The fourth-order valence-corrected chi connectivity index (χ4v) is 5.07. The van der Waals surface area contributed by atoms with Gasteiger partial charge in [0.05, 0.1) is 12.5 Å². The third-order valence-electron chi connectivity index (χ3n) is 5.81. The quantitative estimate of drug-likeness (QED) is 0.415. The number of halogens is 1. The average Bonchev–Trinajstić information content (AvgIpc) is 3.22. The lowest BCUT2D eigenvalue weighted by Crippen LogP contribution is -2.51. The minimum atomic E-state index is -3.58. The van der Waals surface area contributed by atoms with Crippen LogP contribution in [-0.4, -0.2) is 42.9 Å². The van der Waals surface area contributed by atoms with Gasteiger partial charge in [0, 0.05) is 18.5 Å². The van der Waals surface area contributed by atoms with Gasteiger partial charge in [-0.1, -0.05) is 62.7 Å². The lowest BCUT2D eigenvalue weighted by Gasteiger charge is -2.43. The van der Waals surface area contributed by atoms with Crippen molar-refractivity contribution in [3.05, 3.63) is 65.1 Å². The first-order chi connectivity index (χ1) is 16.1. The van der Waals surface area contributed by atoms with E-state index in [1.807, 2.05) is 51.1 Å². The maximum Gasteiger partial charge on any atom is 0.405 e. The molecule has 2 N–H and O–H groups in total. The van der Waals surface area contributed by atoms with Gasteiger partial charge in [0.1, 0.15) is 16.5 Å². The number of rotatable bonds is 7. The molecule has 0 saturated carbocycles. The molecule has 0 bridgehead atoms. The van der Waals surface area contributed by atoms with Crippen LogP contribution in [0.15, 0.2) is 53.1 Å². The van der Waals surface area contributed by atoms with Crippen molar-refractivity contribution in [2.45, 2.75) is 39.2 Å². The summed E-state index contributed by atoms with van der Waals surface area (Å²) < 4.78 is 31.1. The molecule has 3 aromatic rings. The number of hydrogen-bond donors (Lipinski definition) is 2. The van der Waals surface area contributed by atoms with Crippen LogP contribution in [-0.2, 0) is 15.6 Å². The molecule has 0 fully saturated rings. The van der Waals surface area contributed by atoms with Crippen molar-refractivity contribution in [2.75, 3.05) is 17.6 Å². The first-order valence-corrected chi connectivity index (χ1v) is 13.0. The van der Waals surface area contributed by atoms with E-state index in [0.29, 0.717) is 11.3 Å². The summed E-state index contributed by atoms with van der Waals surface area (Å²) in [6.45, 7) is 7.84. The van der Waals surface area contributed by atoms with Gasteiger partial charge in [0.25, 0.3) is 0 Å². The van der Waals surface area contributed by atoms with Gasteiger partial charge in [-0.15, -0.1) is 0 Å². The summed E-state index contributed by atoms with van der Waals surface area (Å²) in [6.07, 6.45) is 1.32. The Morgan fingerprint density at radius 3 is 2.34 bits per heavy atom. The van der Waals surface area contributed by atoms with E-state index in [-0.39, 0.29) is 28.2 Å². The third kappa shape index (κ3) is 5.76. The fraction of sp³-hybridized carbons (Fsp3) is 0.375. The molecule has 1 amide bonds. The number of amides is 1. The van der Waals surface area contributed by atoms with Crippen molar-refractivity contribution in [3.63, 3.8) is 0 Å². The molecule has 0 saturated heterocycles. The molecule has 1 aromatic carbocycles. The van der Waals surface area contributed by atoms with E-state index < -0.39 is 21.7 Å². The number of sulfonamides is 1. The standard InChI is InChI=1S/C24H29ClN4O5S/c1-23(2,3)20(15-10-8-7-9-11-15)24(4,28-22(30)31)17-14-26-21(34-17)16-12-18(25)27-19(13-16)29(5)35(6,32)33/h7-14,20,28H,1-6H3,(H,30,31)/t20?,24-/m0/s1. The van der Waals surface area contributed by atoms with Crippen LogP contribution in [0, 0.1) is 5.41 Å². The van der Waals surface area contributed by atoms with Gasteiger partial charge in [0.15, 0.2) is 5.76 Å². The molecule has 0 aliphatic heterocycles. The number of benzene rings is 1. The van der Waals surface area contributed by atoms with E-state index in [4.69, 9.17) is 16.0 Å². The van der Waals surface area contributed by atoms with Crippen LogP contribution in [0.25, 0.3) is 11.5 Å². The van der Waals surface area contributed by atoms with Crippen LogP contribution in [0.3, 0.4) is 0 Å². The highest BCUT2D eigenvalue weighted by molar-refractivity contribution is 7.92. The molecule has 35 heavy (non-hydrogen) atoms. The number of hydrogen-bond acceptors (Lipinski definition) is 6. The summed E-state index contributed by atoms with van der Waals surface area (Å²) in [5.74, 6) is 0.204. The highest BCUT2D eigenvalue weighted by Crippen LogP contribution is 2.48. The molecular weight excluding hydrogens is 492 g/mol. The van der Waals surface area contributed by atoms with Crippen LogP contribution in [0.1, 0.15) is 44.9 Å². The fourth-order valence-electron chi connectivity index (χ4n) is 4.43. The van der Waals surface area contributed by atoms with Crippen molar-refractivity contribution in [1.29, 1.82) is 0 Å². The first-order valence-electron chi connectivity index (χ1n) is 10.8. The number of nitrogens with zero attached hydrogens (tertiary/aromatic N) is 3. The Kier molecular flexibility index (Phi) is 7.19. The molecule has 1 unspecified atom stereocenters. The summed E-state index contributed by atoms with van der Waals surface area (Å²) in [7, 11) is -2.21. The van der Waals surface area contributed by atoms with E-state index in [0.717, 1.165) is 16.1 Å². The van der Waals surface area contributed by atoms with Gasteiger partial charge < -0.3 is 14.8 Å². The largest absolute Gasteiger partial charge is 0.465 e. The summed E-state index contributed by atoms with van der Waals surface area (Å²) in [6, 6.07) is 12.6. The normalized spacial score (nSPS) is 14.7. The second-order valence-corrected chi connectivity index (χ2v) is 12.0. The molecule has 2 aromatic heterocycles. The van der Waals surface area contributed by atoms with Gasteiger partial charge >= 0.3 is 6.09 Å². The molecule has 2 heterocycles. The van der Waals surface area contributed by atoms with Gasteiger partial charge in [-0.2, -0.15) is 0 Å². The molecule has 11 heteroatoms. The average molecular weight is 521 g/mol. The predicted octanol–water partition coefficient (Wildman–Crippen LogP) is 5.10. The minimum absolute atomic E-state index is 0.0519. The SMILES string of the molecule is CN(c1cc(-c2ncc([C@](C)(NC(=O)O)C(c3ccccc3)C(C)(C)C)o2)cc(Cl)n1)S(C)(=O)=O. The summed E-state index contributed by atoms with van der Waals surface area (Å²) in [5, 5.41) is 12.5. The van der Waals surface area contributed by atoms with E-state index in [1.54, 1.807) is 6.92 Å². The number of oxazole rings is 1. The summed E-state index contributed by atoms with van der Waals surface area (Å²) in [5.41, 5.74) is -0.249. The van der Waals surface area contributed by atoms with Crippen LogP contribution in [0.2, 0.25) is 5.15 Å². The Morgan fingerprint density at radius 1 is 1.17 bits per heavy atom. The number of aromatic nitrogens is 2. The minimum Gasteiger partial charge on any atom is -0.465 e. The molecule has 0 radical (unpaired) electrons. The molecule has 9 nitrogen and oxygen atoms in total. The molecule has 0 spiro atoms. The van der Waals surface area contributed by atoms with Crippen LogP contribution in [0.5, 0.6) is 0 Å². The number of nitrogens with one attached hydrogen (secondary N) is 1. The molecule has 2 atom stereocenters. The van der Waals surface area contributed by atoms with E-state index >= 15 is 0 Å². The molecule has 3 rings (SSSR count). The maximum atomic E-state index is 12.0. The van der Waals surface area contributed by atoms with Crippen molar-refractivity contribution in [1.82, 2.24) is 15.3 Å². The van der Waals surface area contributed by atoms with Gasteiger partial charge in [0.2, 0.25) is 15.9 Å². The second kappa shape index (κ2) is 9.50. The zero-order valence-corrected chi connectivity index (χ0v) is 22.0. The van der Waals surface area contributed by atoms with Crippen LogP contribution < -0.4 is 9.62 Å². The van der Waals surface area contributed by atoms with Crippen molar-refractivity contribution in [3.8, 4) is 11.5 Å². The molecule has 0 aliphatic carbocycles. The van der Waals surface area contributed by atoms with Crippen LogP contribution >= 0.6 is 11.6 Å². The number of anilines is 1. The Bertz CT molecular complexity index is 1320. The third-order valence-corrected chi connectivity index (χ3v) is 7.18. The van der Waals surface area contributed by atoms with Gasteiger partial charge in [-0.05, 0) is 30.0 Å². The predicted molar refractivity (Wildman–Crippen MR) is 135 cm³/mol. The summed E-state index contributed by atoms with van der Waals surface area (Å²) in [4.78, 5) is 20.4. The van der Waals surface area contributed by atoms with Crippen molar-refractivity contribution < 1.29 is 22.7 Å². The Labute approximate surface area is 210 Å². The van der Waals surface area contributed by atoms with E-state index in [1.165, 1.54) is 25.4 Å². The second-order valence-electron chi connectivity index (χ2n) is 9.64. The smallest absolute Gasteiger partial charge is 0.405 e. The highest BCUT2D eigenvalue weighted by atomic mass is 35.5. The molecule has 0 aliphatic rings. The van der Waals surface area contributed by atoms with Gasteiger partial charge in [-0.25, -0.2) is 23.2 Å². The first kappa shape index (κ1) is 26.5. The number of carboxylic acid groups (broad SMARTS) is 1. The highest BCUT2D eigenvalue weighted by Gasteiger charge is 2.47. The zero-order chi connectivity index (χ0) is 26.2. The lowest BCUT2D eigenvalue weighted by atomic mass is 9.65. The Morgan fingerprint density at radius 2 is 1.80 bits per heavy atom. The Hall–Kier alpha value is -3.11. The lowest BCUT2D eigenvalue weighted by molar-refractivity contribution is 0.131. The van der Waals surface area contributed by atoms with Crippen molar-refractivity contribution >= 4 is 33.5 Å². The van der Waals surface area contributed by atoms with Gasteiger partial charge in [-0.3, -0.25) is 4.31 Å². The number of carbonyl (C=O) groups is 1. The zero-order valence-electron chi connectivity index (χ0n) is 20.4. The monoisotopic (exact) mass is 520 g/mol. The maximum absolute atomic E-state index is 12.0. The van der Waals surface area contributed by atoms with E-state index in [2.05, 4.69) is 15.3 Å². The Balaban J connectivity index is 2.15.